The molecule has 7 nitrogen and oxygen atoms in total. The number of benzene rings is 2. The van der Waals surface area contributed by atoms with Gasteiger partial charge in [-0.25, -0.2) is 21.1 Å². The van der Waals surface area contributed by atoms with Crippen molar-refractivity contribution >= 4 is 25.7 Å². The lowest BCUT2D eigenvalue weighted by Gasteiger charge is -2.23. The third-order valence-corrected chi connectivity index (χ3v) is 8.31. The first-order valence-corrected chi connectivity index (χ1v) is 12.4. The molecule has 0 aliphatic carbocycles. The molecule has 0 radical (unpaired) electrons. The molecule has 2 aromatic rings. The molecule has 2 rings (SSSR count). The van der Waals surface area contributed by atoms with Crippen molar-refractivity contribution in [2.24, 2.45) is 0 Å². The van der Waals surface area contributed by atoms with Crippen LogP contribution in [0.25, 0.3) is 0 Å². The molecule has 12 heteroatoms. The van der Waals surface area contributed by atoms with Crippen molar-refractivity contribution in [3.05, 3.63) is 53.1 Å². The maximum Gasteiger partial charge on any atom is 0.406 e. The molecule has 0 amide bonds. The monoisotopic (exact) mass is 493 g/mol. The molecule has 0 aromatic heterocycles. The third-order valence-electron chi connectivity index (χ3n) is 4.71. The van der Waals surface area contributed by atoms with Crippen LogP contribution in [0.3, 0.4) is 0 Å². The van der Waals surface area contributed by atoms with Crippen LogP contribution in [0.5, 0.6) is 0 Å². The van der Waals surface area contributed by atoms with Crippen LogP contribution in [0.15, 0.2) is 46.2 Å². The Morgan fingerprint density at radius 3 is 1.88 bits per heavy atom. The van der Waals surface area contributed by atoms with Crippen LogP contribution < -0.4 is 10.0 Å². The molecule has 178 valence electrons. The van der Waals surface area contributed by atoms with Crippen molar-refractivity contribution in [3.8, 4) is 0 Å². The molecular weight excluding hydrogens is 467 g/mol. The average Bonchev–Trinajstić information content (AvgIpc) is 2.63. The van der Waals surface area contributed by atoms with Crippen molar-refractivity contribution in [1.29, 1.82) is 0 Å². The lowest BCUT2D eigenvalue weighted by Crippen LogP contribution is -2.49. The number of hydrogen-bond donors (Lipinski definition) is 2. The van der Waals surface area contributed by atoms with Gasteiger partial charge in [0.2, 0.25) is 20.0 Å². The largest absolute Gasteiger partial charge is 0.406 e. The van der Waals surface area contributed by atoms with E-state index in [1.54, 1.807) is 23.8 Å². The fourth-order valence-electron chi connectivity index (χ4n) is 3.24. The van der Waals surface area contributed by atoms with E-state index in [2.05, 4.69) is 5.32 Å². The van der Waals surface area contributed by atoms with Gasteiger partial charge in [0.25, 0.3) is 0 Å². The number of alkyl halides is 3. The van der Waals surface area contributed by atoms with Gasteiger partial charge in [0.05, 0.1) is 9.79 Å². The molecular formula is C20H26F3N3O4S2. The number of anilines is 1. The van der Waals surface area contributed by atoms with E-state index in [4.69, 9.17) is 0 Å². The highest BCUT2D eigenvalue weighted by molar-refractivity contribution is 7.89. The Balaban J connectivity index is 2.24. The summed E-state index contributed by atoms with van der Waals surface area (Å²) in [5.41, 5.74) is 1.70. The Labute approximate surface area is 186 Å². The maximum absolute atomic E-state index is 13.6. The van der Waals surface area contributed by atoms with Crippen molar-refractivity contribution in [2.75, 3.05) is 26.0 Å². The van der Waals surface area contributed by atoms with Gasteiger partial charge >= 0.3 is 6.18 Å². The van der Waals surface area contributed by atoms with Gasteiger partial charge in [0.1, 0.15) is 6.04 Å². The molecule has 32 heavy (non-hydrogen) atoms. The van der Waals surface area contributed by atoms with Crippen LogP contribution in [0.4, 0.5) is 18.9 Å². The predicted octanol–water partition coefficient (Wildman–Crippen LogP) is 3.18. The van der Waals surface area contributed by atoms with E-state index in [9.17, 15) is 30.0 Å². The zero-order valence-corrected chi connectivity index (χ0v) is 19.9. The molecule has 0 fully saturated rings. The predicted molar refractivity (Wildman–Crippen MR) is 117 cm³/mol. The third kappa shape index (κ3) is 6.00. The van der Waals surface area contributed by atoms with Crippen LogP contribution >= 0.6 is 0 Å². The minimum absolute atomic E-state index is 0.0218. The highest BCUT2D eigenvalue weighted by Crippen LogP contribution is 2.26. The summed E-state index contributed by atoms with van der Waals surface area (Å²) in [4.78, 5) is -0.206. The number of nitrogens with one attached hydrogen (secondary N) is 2. The summed E-state index contributed by atoms with van der Waals surface area (Å²) in [6, 6.07) is 5.90. The van der Waals surface area contributed by atoms with Crippen molar-refractivity contribution in [1.82, 2.24) is 9.03 Å². The summed E-state index contributed by atoms with van der Waals surface area (Å²) < 4.78 is 93.2. The second-order valence-corrected chi connectivity index (χ2v) is 11.4. The molecule has 1 unspecified atom stereocenters. The van der Waals surface area contributed by atoms with E-state index < -0.39 is 38.8 Å². The molecule has 2 aromatic carbocycles. The summed E-state index contributed by atoms with van der Waals surface area (Å²) in [6.07, 6.45) is -4.86. The van der Waals surface area contributed by atoms with Crippen molar-refractivity contribution in [3.63, 3.8) is 0 Å². The molecule has 0 saturated carbocycles. The van der Waals surface area contributed by atoms with Gasteiger partial charge in [0, 0.05) is 26.3 Å². The number of halogens is 3. The topological polar surface area (TPSA) is 95.6 Å². The standard InChI is InChI=1S/C20H26F3N3O4S2/c1-13-10-14(2)19(15(3)11-13)31(27,28)25-18(20(21,22)23)12-24-16-6-8-17(9-7-16)32(29,30)26(4)5/h6-11,18,24-25H,12H2,1-5H3. The average molecular weight is 494 g/mol. The fraction of sp³-hybridized carbons (Fsp3) is 0.400. The number of nitrogens with zero attached hydrogens (tertiary/aromatic N) is 1. The summed E-state index contributed by atoms with van der Waals surface area (Å²) in [7, 11) is -5.42. The van der Waals surface area contributed by atoms with E-state index in [0.717, 1.165) is 9.87 Å². The van der Waals surface area contributed by atoms with Gasteiger partial charge in [-0.05, 0) is 56.2 Å². The summed E-state index contributed by atoms with van der Waals surface area (Å²) >= 11 is 0. The van der Waals surface area contributed by atoms with Crippen LogP contribution in [0, 0.1) is 20.8 Å². The van der Waals surface area contributed by atoms with Crippen LogP contribution in [0.1, 0.15) is 16.7 Å². The Morgan fingerprint density at radius 1 is 0.938 bits per heavy atom. The van der Waals surface area contributed by atoms with Gasteiger partial charge in [-0.2, -0.15) is 17.9 Å². The smallest absolute Gasteiger partial charge is 0.383 e. The quantitative estimate of drug-likeness (QED) is 0.589. The molecule has 0 heterocycles. The van der Waals surface area contributed by atoms with E-state index in [1.165, 1.54) is 52.2 Å². The lowest BCUT2D eigenvalue weighted by molar-refractivity contribution is -0.148. The van der Waals surface area contributed by atoms with Gasteiger partial charge in [-0.15, -0.1) is 0 Å². The Hall–Kier alpha value is -2.15. The molecule has 1 atom stereocenters. The van der Waals surface area contributed by atoms with E-state index in [-0.39, 0.29) is 15.5 Å². The number of hydrogen-bond acceptors (Lipinski definition) is 5. The van der Waals surface area contributed by atoms with Crippen molar-refractivity contribution in [2.45, 2.75) is 42.8 Å². The normalized spacial score (nSPS) is 13.9. The van der Waals surface area contributed by atoms with Gasteiger partial charge in [-0.1, -0.05) is 17.7 Å². The van der Waals surface area contributed by atoms with E-state index >= 15 is 0 Å². The van der Waals surface area contributed by atoms with E-state index in [0.29, 0.717) is 11.1 Å². The SMILES string of the molecule is Cc1cc(C)c(S(=O)(=O)NC(CNc2ccc(S(=O)(=O)N(C)C)cc2)C(F)(F)F)c(C)c1. The highest BCUT2D eigenvalue weighted by atomic mass is 32.2. The maximum atomic E-state index is 13.6. The first-order chi connectivity index (χ1) is 14.6. The second kappa shape index (κ2) is 9.38. The highest BCUT2D eigenvalue weighted by Gasteiger charge is 2.42. The zero-order chi connectivity index (χ0) is 24.5. The number of aryl methyl sites for hydroxylation is 3. The Bertz CT molecular complexity index is 1150. The van der Waals surface area contributed by atoms with Gasteiger partial charge < -0.3 is 5.32 Å². The molecule has 0 spiro atoms. The summed E-state index contributed by atoms with van der Waals surface area (Å²) in [5.74, 6) is 0. The summed E-state index contributed by atoms with van der Waals surface area (Å²) in [5, 5.41) is 2.52. The minimum Gasteiger partial charge on any atom is -0.383 e. The molecule has 0 aliphatic rings. The Morgan fingerprint density at radius 2 is 1.44 bits per heavy atom. The Kier molecular flexibility index (Phi) is 7.65. The molecule has 0 saturated heterocycles. The zero-order valence-electron chi connectivity index (χ0n) is 18.3. The second-order valence-electron chi connectivity index (χ2n) is 7.64. The first kappa shape index (κ1) is 26.1. The molecule has 2 N–H and O–H groups in total. The van der Waals surface area contributed by atoms with Gasteiger partial charge in [-0.3, -0.25) is 0 Å². The lowest BCUT2D eigenvalue weighted by atomic mass is 10.1. The number of sulfonamides is 2. The molecule has 0 bridgehead atoms. The van der Waals surface area contributed by atoms with Crippen LogP contribution in [-0.4, -0.2) is 54.0 Å². The first-order valence-electron chi connectivity index (χ1n) is 9.49. The van der Waals surface area contributed by atoms with Crippen LogP contribution in [-0.2, 0) is 20.0 Å². The van der Waals surface area contributed by atoms with Gasteiger partial charge in [0.15, 0.2) is 0 Å². The fourth-order valence-corrected chi connectivity index (χ4v) is 5.81. The van der Waals surface area contributed by atoms with Crippen molar-refractivity contribution < 1.29 is 30.0 Å². The van der Waals surface area contributed by atoms with Crippen LogP contribution in [0.2, 0.25) is 0 Å². The minimum atomic E-state index is -4.86. The number of rotatable bonds is 8. The summed E-state index contributed by atoms with van der Waals surface area (Å²) in [6.45, 7) is 4.03. The molecule has 0 aliphatic heterocycles. The van der Waals surface area contributed by atoms with E-state index in [1.807, 2.05) is 0 Å².